The van der Waals surface area contributed by atoms with Gasteiger partial charge >= 0.3 is 5.63 Å². The fourth-order valence-corrected chi connectivity index (χ4v) is 2.95. The fourth-order valence-electron chi connectivity index (χ4n) is 2.76. The number of ether oxygens (including phenoxy) is 1. The lowest BCUT2D eigenvalue weighted by atomic mass is 10.1. The van der Waals surface area contributed by atoms with Gasteiger partial charge in [0.05, 0.1) is 11.8 Å². The summed E-state index contributed by atoms with van der Waals surface area (Å²) in [6, 6.07) is 21.6. The van der Waals surface area contributed by atoms with E-state index in [9.17, 15) is 9.18 Å². The molecule has 3 aromatic carbocycles. The molecule has 1 aromatic heterocycles. The van der Waals surface area contributed by atoms with Gasteiger partial charge in [0, 0.05) is 21.7 Å². The first-order valence-electron chi connectivity index (χ1n) is 8.83. The standard InChI is InChI=1S/C23H15ClFNO3/c24-20-4-2-1-3-17(20)14-28-19-11-7-15(8-12-19)21-13-22(27)29-23(26-21)16-5-9-18(25)10-6-16/h1-13H,14H2. The number of benzene rings is 3. The highest BCUT2D eigenvalue weighted by Crippen LogP contribution is 2.24. The Balaban J connectivity index is 1.55. The number of hydrogen-bond acceptors (Lipinski definition) is 4. The number of aromatic nitrogens is 1. The molecule has 0 saturated heterocycles. The molecule has 0 unspecified atom stereocenters. The molecule has 0 aliphatic carbocycles. The monoisotopic (exact) mass is 407 g/mol. The molecule has 29 heavy (non-hydrogen) atoms. The van der Waals surface area contributed by atoms with Crippen LogP contribution in [0.25, 0.3) is 22.7 Å². The van der Waals surface area contributed by atoms with Crippen molar-refractivity contribution >= 4 is 11.6 Å². The second-order valence-corrected chi connectivity index (χ2v) is 6.69. The Labute approximate surface area is 171 Å². The third-order valence-electron chi connectivity index (χ3n) is 4.27. The van der Waals surface area contributed by atoms with Crippen LogP contribution in [0.3, 0.4) is 0 Å². The Morgan fingerprint density at radius 2 is 1.62 bits per heavy atom. The second-order valence-electron chi connectivity index (χ2n) is 6.28. The highest BCUT2D eigenvalue weighted by atomic mass is 35.5. The minimum Gasteiger partial charge on any atom is -0.489 e. The number of halogens is 2. The average Bonchev–Trinajstić information content (AvgIpc) is 2.74. The molecule has 0 amide bonds. The molecule has 0 N–H and O–H groups in total. The summed E-state index contributed by atoms with van der Waals surface area (Å²) in [7, 11) is 0. The summed E-state index contributed by atoms with van der Waals surface area (Å²) in [5.41, 5.74) is 2.06. The predicted octanol–water partition coefficient (Wildman–Crippen LogP) is 5.74. The van der Waals surface area contributed by atoms with Gasteiger partial charge in [-0.15, -0.1) is 0 Å². The van der Waals surface area contributed by atoms with E-state index in [0.29, 0.717) is 28.6 Å². The molecule has 4 aromatic rings. The maximum absolute atomic E-state index is 13.1. The smallest absolute Gasteiger partial charge is 0.339 e. The van der Waals surface area contributed by atoms with Crippen molar-refractivity contribution in [2.75, 3.05) is 0 Å². The van der Waals surface area contributed by atoms with Gasteiger partial charge in [-0.25, -0.2) is 14.2 Å². The summed E-state index contributed by atoms with van der Waals surface area (Å²) in [5, 5.41) is 0.651. The zero-order valence-corrected chi connectivity index (χ0v) is 15.9. The Morgan fingerprint density at radius 1 is 0.931 bits per heavy atom. The van der Waals surface area contributed by atoms with Gasteiger partial charge in [0.15, 0.2) is 0 Å². The van der Waals surface area contributed by atoms with Crippen LogP contribution in [-0.2, 0) is 6.61 Å². The molecule has 0 saturated carbocycles. The third-order valence-corrected chi connectivity index (χ3v) is 4.64. The van der Waals surface area contributed by atoms with Crippen LogP contribution < -0.4 is 10.4 Å². The van der Waals surface area contributed by atoms with Crippen molar-refractivity contribution in [3.05, 3.63) is 106 Å². The number of nitrogens with zero attached hydrogens (tertiary/aromatic N) is 1. The Kier molecular flexibility index (Phi) is 5.40. The molecule has 0 fully saturated rings. The quantitative estimate of drug-likeness (QED) is 0.423. The minimum absolute atomic E-state index is 0.131. The summed E-state index contributed by atoms with van der Waals surface area (Å²) in [5.74, 6) is 0.418. The van der Waals surface area contributed by atoms with Crippen LogP contribution >= 0.6 is 11.6 Å². The molecule has 0 atom stereocenters. The third kappa shape index (κ3) is 4.52. The first-order chi connectivity index (χ1) is 14.1. The molecule has 0 bridgehead atoms. The van der Waals surface area contributed by atoms with E-state index in [4.69, 9.17) is 20.8 Å². The van der Waals surface area contributed by atoms with E-state index in [1.54, 1.807) is 24.3 Å². The van der Waals surface area contributed by atoms with E-state index in [-0.39, 0.29) is 11.7 Å². The SMILES string of the molecule is O=c1cc(-c2ccc(OCc3ccccc3Cl)cc2)nc(-c2ccc(F)cc2)o1. The van der Waals surface area contributed by atoms with Crippen molar-refractivity contribution in [1.29, 1.82) is 0 Å². The van der Waals surface area contributed by atoms with Crippen LogP contribution in [0.1, 0.15) is 5.56 Å². The normalized spacial score (nSPS) is 10.7. The van der Waals surface area contributed by atoms with Crippen LogP contribution in [0, 0.1) is 5.82 Å². The van der Waals surface area contributed by atoms with Crippen LogP contribution in [0.2, 0.25) is 5.02 Å². The van der Waals surface area contributed by atoms with Gasteiger partial charge in [-0.3, -0.25) is 0 Å². The molecular formula is C23H15ClFNO3. The Hall–Kier alpha value is -3.44. The summed E-state index contributed by atoms with van der Waals surface area (Å²) in [6.45, 7) is 0.348. The highest BCUT2D eigenvalue weighted by Gasteiger charge is 2.09. The molecule has 6 heteroatoms. The first-order valence-corrected chi connectivity index (χ1v) is 9.21. The van der Waals surface area contributed by atoms with Gasteiger partial charge < -0.3 is 9.15 Å². The van der Waals surface area contributed by atoms with E-state index < -0.39 is 5.63 Å². The maximum atomic E-state index is 13.1. The zero-order chi connectivity index (χ0) is 20.2. The highest BCUT2D eigenvalue weighted by molar-refractivity contribution is 6.31. The van der Waals surface area contributed by atoms with Crippen molar-refractivity contribution in [1.82, 2.24) is 4.98 Å². The summed E-state index contributed by atoms with van der Waals surface area (Å²) >= 11 is 6.14. The largest absolute Gasteiger partial charge is 0.489 e. The molecule has 144 valence electrons. The van der Waals surface area contributed by atoms with Crippen LogP contribution in [0.5, 0.6) is 5.75 Å². The minimum atomic E-state index is -0.534. The van der Waals surface area contributed by atoms with E-state index >= 15 is 0 Å². The zero-order valence-electron chi connectivity index (χ0n) is 15.1. The van der Waals surface area contributed by atoms with Crippen molar-refractivity contribution < 1.29 is 13.5 Å². The maximum Gasteiger partial charge on any atom is 0.339 e. The van der Waals surface area contributed by atoms with Crippen molar-refractivity contribution in [2.45, 2.75) is 6.61 Å². The van der Waals surface area contributed by atoms with Crippen molar-refractivity contribution in [3.63, 3.8) is 0 Å². The lowest BCUT2D eigenvalue weighted by Crippen LogP contribution is -2.02. The van der Waals surface area contributed by atoms with Gasteiger partial charge in [0.2, 0.25) is 5.89 Å². The Bertz CT molecular complexity index is 1190. The Morgan fingerprint density at radius 3 is 2.34 bits per heavy atom. The van der Waals surface area contributed by atoms with E-state index in [1.807, 2.05) is 24.3 Å². The number of rotatable bonds is 5. The summed E-state index contributed by atoms with van der Waals surface area (Å²) < 4.78 is 24.1. The molecular weight excluding hydrogens is 393 g/mol. The van der Waals surface area contributed by atoms with Crippen LogP contribution in [0.15, 0.2) is 88.1 Å². The lowest BCUT2D eigenvalue weighted by molar-refractivity contribution is 0.306. The predicted molar refractivity (Wildman–Crippen MR) is 109 cm³/mol. The molecule has 1 heterocycles. The number of hydrogen-bond donors (Lipinski definition) is 0. The van der Waals surface area contributed by atoms with Crippen LogP contribution in [-0.4, -0.2) is 4.98 Å². The van der Waals surface area contributed by atoms with Gasteiger partial charge in [-0.1, -0.05) is 29.8 Å². The summed E-state index contributed by atoms with van der Waals surface area (Å²) in [4.78, 5) is 16.4. The molecule has 0 aliphatic rings. The molecule has 4 rings (SSSR count). The van der Waals surface area contributed by atoms with Gasteiger partial charge in [-0.2, -0.15) is 0 Å². The van der Waals surface area contributed by atoms with Crippen molar-refractivity contribution in [3.8, 4) is 28.5 Å². The van der Waals surface area contributed by atoms with E-state index in [0.717, 1.165) is 11.1 Å². The van der Waals surface area contributed by atoms with Gasteiger partial charge in [0.25, 0.3) is 0 Å². The fraction of sp³-hybridized carbons (Fsp3) is 0.0435. The molecule has 0 radical (unpaired) electrons. The summed E-state index contributed by atoms with van der Waals surface area (Å²) in [6.07, 6.45) is 0. The van der Waals surface area contributed by atoms with Gasteiger partial charge in [0.1, 0.15) is 18.2 Å². The molecule has 4 nitrogen and oxygen atoms in total. The second kappa shape index (κ2) is 8.29. The van der Waals surface area contributed by atoms with E-state index in [2.05, 4.69) is 4.98 Å². The molecule has 0 aliphatic heterocycles. The van der Waals surface area contributed by atoms with Crippen LogP contribution in [0.4, 0.5) is 4.39 Å². The lowest BCUT2D eigenvalue weighted by Gasteiger charge is -2.09. The topological polar surface area (TPSA) is 52.3 Å². The molecule has 0 spiro atoms. The average molecular weight is 408 g/mol. The first kappa shape index (κ1) is 18.9. The van der Waals surface area contributed by atoms with Crippen molar-refractivity contribution in [2.24, 2.45) is 0 Å². The van der Waals surface area contributed by atoms with E-state index in [1.165, 1.54) is 30.3 Å². The van der Waals surface area contributed by atoms with Gasteiger partial charge in [-0.05, 0) is 54.6 Å².